The number of aromatic hydroxyl groups is 1. The Morgan fingerprint density at radius 1 is 1.00 bits per heavy atom. The molecule has 36 heavy (non-hydrogen) atoms. The highest BCUT2D eigenvalue weighted by Crippen LogP contribution is 2.44. The van der Waals surface area contributed by atoms with Crippen molar-refractivity contribution in [2.75, 3.05) is 26.7 Å². The van der Waals surface area contributed by atoms with E-state index in [0.717, 1.165) is 25.9 Å². The minimum atomic E-state index is -1.38. The zero-order valence-corrected chi connectivity index (χ0v) is 23.3. The molecule has 0 amide bonds. The molecule has 2 unspecified atom stereocenters. The summed E-state index contributed by atoms with van der Waals surface area (Å²) in [7, 11) is 2.08. The summed E-state index contributed by atoms with van der Waals surface area (Å²) in [5.41, 5.74) is -0.455. The van der Waals surface area contributed by atoms with E-state index in [-0.39, 0.29) is 27.6 Å². The van der Waals surface area contributed by atoms with Gasteiger partial charge in [0.05, 0.1) is 31.8 Å². The van der Waals surface area contributed by atoms with Crippen LogP contribution >= 0.6 is 46.4 Å². The van der Waals surface area contributed by atoms with E-state index < -0.39 is 17.9 Å². The molecule has 4 rings (SSSR count). The second-order valence-electron chi connectivity index (χ2n) is 10.1. The monoisotopic (exact) mass is 576 g/mol. The third-order valence-corrected chi connectivity index (χ3v) is 9.04. The molecule has 0 aromatic heterocycles. The number of ether oxygens (including phenoxy) is 1. The maximum atomic E-state index is 11.5. The van der Waals surface area contributed by atoms with Crippen molar-refractivity contribution in [2.45, 2.75) is 50.5 Å². The van der Waals surface area contributed by atoms with Gasteiger partial charge in [-0.1, -0.05) is 46.4 Å². The molecule has 198 valence electrons. The smallest absolute Gasteiger partial charge is 0.150 e. The predicted octanol–water partition coefficient (Wildman–Crippen LogP) is 5.99. The number of piperidine rings is 2. The lowest BCUT2D eigenvalue weighted by atomic mass is 9.77. The van der Waals surface area contributed by atoms with Crippen LogP contribution in [0.25, 0.3) is 0 Å². The average Bonchev–Trinajstić information content (AvgIpc) is 2.83. The first kappa shape index (κ1) is 28.1. The van der Waals surface area contributed by atoms with Crippen LogP contribution in [0.1, 0.15) is 49.8 Å². The molecule has 2 aromatic carbocycles. The Bertz CT molecular complexity index is 1090. The van der Waals surface area contributed by atoms with Gasteiger partial charge in [-0.25, -0.2) is 0 Å². The number of benzene rings is 2. The molecule has 0 spiro atoms. The maximum Gasteiger partial charge on any atom is 0.150 e. The number of nitrogens with zero attached hydrogens (tertiary/aromatic N) is 1. The van der Waals surface area contributed by atoms with Crippen LogP contribution < -0.4 is 10.1 Å². The van der Waals surface area contributed by atoms with E-state index in [4.69, 9.17) is 51.1 Å². The lowest BCUT2D eigenvalue weighted by Crippen LogP contribution is -2.47. The fraction of sp³-hybridized carbons (Fsp3) is 0.538. The molecule has 4 N–H and O–H groups in total. The highest BCUT2D eigenvalue weighted by Gasteiger charge is 2.40. The molecule has 0 saturated carbocycles. The van der Waals surface area contributed by atoms with Gasteiger partial charge in [-0.3, -0.25) is 5.32 Å². The number of hydrogen-bond acceptors (Lipinski definition) is 6. The number of phenols is 1. The Morgan fingerprint density at radius 3 is 2.31 bits per heavy atom. The van der Waals surface area contributed by atoms with Crippen LogP contribution in [-0.4, -0.2) is 53.1 Å². The van der Waals surface area contributed by atoms with Gasteiger partial charge in [-0.15, -0.1) is 0 Å². The van der Waals surface area contributed by atoms with Gasteiger partial charge in [0, 0.05) is 29.7 Å². The van der Waals surface area contributed by atoms with Gasteiger partial charge in [0.2, 0.25) is 0 Å². The van der Waals surface area contributed by atoms with Crippen LogP contribution in [0.2, 0.25) is 20.1 Å². The van der Waals surface area contributed by atoms with Crippen LogP contribution in [-0.2, 0) is 5.60 Å². The van der Waals surface area contributed by atoms with Crippen molar-refractivity contribution >= 4 is 46.4 Å². The maximum absolute atomic E-state index is 11.5. The average molecular weight is 578 g/mol. The van der Waals surface area contributed by atoms with Crippen LogP contribution in [0, 0.1) is 11.8 Å². The molecule has 2 saturated heterocycles. The zero-order valence-electron chi connectivity index (χ0n) is 20.3. The van der Waals surface area contributed by atoms with Crippen molar-refractivity contribution in [1.82, 2.24) is 10.2 Å². The standard InChI is InChI=1S/C26H32Cl4N2O4/c1-26(35,17-11-19(28)20(29)12-22(17)33)15-3-6-31-24(9-15)36-23-13-21(30)18(27)10-16(23)25(34)14-4-7-32(2)8-5-14/h10-15,24-25,31,33-35H,3-9H2,1-2H3/t15?,24?,25-,26+/m1/s1. The van der Waals surface area contributed by atoms with Crippen LogP contribution in [0.15, 0.2) is 24.3 Å². The van der Waals surface area contributed by atoms with Crippen molar-refractivity contribution in [3.8, 4) is 11.5 Å². The van der Waals surface area contributed by atoms with E-state index >= 15 is 0 Å². The predicted molar refractivity (Wildman–Crippen MR) is 144 cm³/mol. The third kappa shape index (κ3) is 6.02. The van der Waals surface area contributed by atoms with Crippen molar-refractivity contribution in [2.24, 2.45) is 11.8 Å². The normalized spacial score (nSPS) is 24.3. The molecule has 2 aliphatic rings. The molecule has 2 fully saturated rings. The lowest BCUT2D eigenvalue weighted by Gasteiger charge is -2.40. The molecule has 2 aliphatic heterocycles. The first-order valence-corrected chi connectivity index (χ1v) is 13.6. The van der Waals surface area contributed by atoms with E-state index in [9.17, 15) is 15.3 Å². The minimum absolute atomic E-state index is 0.0891. The van der Waals surface area contributed by atoms with Crippen LogP contribution in [0.4, 0.5) is 0 Å². The topological polar surface area (TPSA) is 85.2 Å². The summed E-state index contributed by atoms with van der Waals surface area (Å²) in [6, 6.07) is 6.18. The van der Waals surface area contributed by atoms with Gasteiger partial charge in [0.15, 0.2) is 6.23 Å². The van der Waals surface area contributed by atoms with Gasteiger partial charge in [0.1, 0.15) is 11.5 Å². The number of phenolic OH excluding ortho intramolecular Hbond substituents is 1. The first-order chi connectivity index (χ1) is 17.0. The number of rotatable bonds is 6. The van der Waals surface area contributed by atoms with Gasteiger partial charge in [0.25, 0.3) is 0 Å². The van der Waals surface area contributed by atoms with Crippen LogP contribution in [0.3, 0.4) is 0 Å². The fourth-order valence-electron chi connectivity index (χ4n) is 5.27. The quantitative estimate of drug-likeness (QED) is 0.337. The Labute approximate surface area is 232 Å². The number of nitrogens with one attached hydrogen (secondary N) is 1. The van der Waals surface area contributed by atoms with Crippen molar-refractivity contribution in [1.29, 1.82) is 0 Å². The minimum Gasteiger partial charge on any atom is -0.508 e. The molecule has 10 heteroatoms. The molecule has 4 atom stereocenters. The Kier molecular flexibility index (Phi) is 8.90. The second kappa shape index (κ2) is 11.4. The molecule has 0 aliphatic carbocycles. The molecular weight excluding hydrogens is 546 g/mol. The summed E-state index contributed by atoms with van der Waals surface area (Å²) in [5, 5.41) is 37.7. The van der Waals surface area contributed by atoms with Crippen molar-refractivity contribution < 1.29 is 20.1 Å². The number of halogens is 4. The molecule has 6 nitrogen and oxygen atoms in total. The number of aliphatic hydroxyl groups is 2. The second-order valence-corrected chi connectivity index (χ2v) is 11.7. The van der Waals surface area contributed by atoms with Gasteiger partial charge < -0.3 is 25.0 Å². The van der Waals surface area contributed by atoms with E-state index in [1.165, 1.54) is 12.1 Å². The SMILES string of the molecule is CN1CCC([C@@H](O)c2cc(Cl)c(Cl)cc2OC2CC([C@](C)(O)c3cc(Cl)c(Cl)cc3O)CCN2)CC1. The van der Waals surface area contributed by atoms with Crippen molar-refractivity contribution in [3.63, 3.8) is 0 Å². The zero-order chi connectivity index (χ0) is 26.2. The summed E-state index contributed by atoms with van der Waals surface area (Å²) in [6.07, 6.45) is 1.64. The molecule has 2 aromatic rings. The molecule has 0 radical (unpaired) electrons. The molecule has 2 heterocycles. The fourth-order valence-corrected chi connectivity index (χ4v) is 5.92. The summed E-state index contributed by atoms with van der Waals surface area (Å²) in [6.45, 7) is 4.08. The van der Waals surface area contributed by atoms with Gasteiger partial charge in [-0.05, 0) is 76.8 Å². The summed E-state index contributed by atoms with van der Waals surface area (Å²) in [4.78, 5) is 2.25. The van der Waals surface area contributed by atoms with Crippen molar-refractivity contribution in [3.05, 3.63) is 55.5 Å². The third-order valence-electron chi connectivity index (χ3n) is 7.59. The first-order valence-electron chi connectivity index (χ1n) is 12.1. The van der Waals surface area contributed by atoms with E-state index in [0.29, 0.717) is 46.3 Å². The number of hydrogen-bond donors (Lipinski definition) is 4. The highest BCUT2D eigenvalue weighted by molar-refractivity contribution is 6.42. The summed E-state index contributed by atoms with van der Waals surface area (Å²) in [5.74, 6) is 0.188. The number of aliphatic hydroxyl groups excluding tert-OH is 1. The molecule has 0 bridgehead atoms. The van der Waals surface area contributed by atoms with Gasteiger partial charge in [-0.2, -0.15) is 0 Å². The summed E-state index contributed by atoms with van der Waals surface area (Å²) < 4.78 is 6.34. The van der Waals surface area contributed by atoms with E-state index in [2.05, 4.69) is 17.3 Å². The molecular formula is C26H32Cl4N2O4. The highest BCUT2D eigenvalue weighted by atomic mass is 35.5. The van der Waals surface area contributed by atoms with E-state index in [1.807, 2.05) is 0 Å². The Balaban J connectivity index is 1.55. The van der Waals surface area contributed by atoms with Gasteiger partial charge >= 0.3 is 0 Å². The largest absolute Gasteiger partial charge is 0.508 e. The Morgan fingerprint density at radius 2 is 1.61 bits per heavy atom. The summed E-state index contributed by atoms with van der Waals surface area (Å²) >= 11 is 24.8. The van der Waals surface area contributed by atoms with Crippen LogP contribution in [0.5, 0.6) is 11.5 Å². The Hall–Kier alpha value is -0.960. The number of likely N-dealkylation sites (tertiary alicyclic amines) is 1. The van der Waals surface area contributed by atoms with E-state index in [1.54, 1.807) is 19.1 Å². The lowest BCUT2D eigenvalue weighted by molar-refractivity contribution is -0.0471.